The highest BCUT2D eigenvalue weighted by Gasteiger charge is 2.45. The maximum atomic E-state index is 12.6. The third kappa shape index (κ3) is 1.44. The van der Waals surface area contributed by atoms with E-state index in [0.717, 1.165) is 4.57 Å². The van der Waals surface area contributed by atoms with Crippen molar-refractivity contribution < 1.29 is 10.2 Å². The quantitative estimate of drug-likeness (QED) is 0.671. The first-order valence-corrected chi connectivity index (χ1v) is 6.67. The van der Waals surface area contributed by atoms with Crippen LogP contribution in [0, 0.1) is 0 Å². The summed E-state index contributed by atoms with van der Waals surface area (Å²) in [5.41, 5.74) is -0.571. The first kappa shape index (κ1) is 12.4. The van der Waals surface area contributed by atoms with Crippen molar-refractivity contribution in [2.24, 2.45) is 0 Å². The van der Waals surface area contributed by atoms with Gasteiger partial charge in [0.15, 0.2) is 0 Å². The van der Waals surface area contributed by atoms with Crippen LogP contribution in [0.3, 0.4) is 0 Å². The van der Waals surface area contributed by atoms with Gasteiger partial charge in [-0.3, -0.25) is 0 Å². The number of benzene rings is 1. The molecule has 3 heterocycles. The molecule has 0 unspecified atom stereocenters. The molecule has 2 bridgehead atoms. The predicted molar refractivity (Wildman–Crippen MR) is 73.5 cm³/mol. The second-order valence-corrected chi connectivity index (χ2v) is 5.27. The summed E-state index contributed by atoms with van der Waals surface area (Å²) in [6.45, 7) is 0. The van der Waals surface area contributed by atoms with Gasteiger partial charge in [0.25, 0.3) is 0 Å². The number of hydrogen-bond donors (Lipinski definition) is 2. The number of aromatic nitrogens is 3. The smallest absolute Gasteiger partial charge is 0.352 e. The van der Waals surface area contributed by atoms with Crippen LogP contribution in [-0.4, -0.2) is 36.4 Å². The Balaban J connectivity index is 2.04. The molecule has 0 radical (unpaired) electrons. The number of nitrogens with zero attached hydrogens (tertiary/aromatic N) is 3. The van der Waals surface area contributed by atoms with E-state index in [2.05, 4.69) is 0 Å². The zero-order valence-electron chi connectivity index (χ0n) is 10.9. The maximum absolute atomic E-state index is 12.6. The second-order valence-electron chi connectivity index (χ2n) is 5.27. The van der Waals surface area contributed by atoms with Crippen molar-refractivity contribution in [2.45, 2.75) is 24.3 Å². The lowest BCUT2D eigenvalue weighted by atomic mass is 9.90. The van der Waals surface area contributed by atoms with Gasteiger partial charge in [-0.25, -0.2) is 23.5 Å². The van der Waals surface area contributed by atoms with Gasteiger partial charge < -0.3 is 10.2 Å². The Kier molecular flexibility index (Phi) is 2.39. The van der Waals surface area contributed by atoms with E-state index in [1.807, 2.05) is 0 Å². The normalized spacial score (nSPS) is 29.6. The summed E-state index contributed by atoms with van der Waals surface area (Å²) in [4.78, 5) is 25.1. The van der Waals surface area contributed by atoms with Gasteiger partial charge in [-0.15, -0.1) is 0 Å². The Labute approximate surface area is 118 Å². The lowest BCUT2D eigenvalue weighted by molar-refractivity contribution is -0.0646. The van der Waals surface area contributed by atoms with Crippen LogP contribution in [0.15, 0.2) is 52.1 Å². The fourth-order valence-electron chi connectivity index (χ4n) is 3.12. The molecule has 3 aliphatic rings. The molecule has 4 atom stereocenters. The third-order valence-corrected chi connectivity index (χ3v) is 4.14. The lowest BCUT2D eigenvalue weighted by Crippen LogP contribution is -2.54. The molecular formula is C14H13N3O4. The average molecular weight is 287 g/mol. The molecular weight excluding hydrogens is 274 g/mol. The van der Waals surface area contributed by atoms with E-state index in [-0.39, 0.29) is 0 Å². The number of fused-ring (bicyclic) bond motifs is 1. The zero-order valence-corrected chi connectivity index (χ0v) is 10.9. The van der Waals surface area contributed by atoms with Crippen LogP contribution in [0.1, 0.15) is 12.1 Å². The summed E-state index contributed by atoms with van der Waals surface area (Å²) < 4.78 is 3.49. The topological polar surface area (TPSA) is 89.4 Å². The van der Waals surface area contributed by atoms with Crippen molar-refractivity contribution in [3.63, 3.8) is 0 Å². The van der Waals surface area contributed by atoms with Crippen LogP contribution < -0.4 is 11.4 Å². The van der Waals surface area contributed by atoms with Crippen molar-refractivity contribution in [3.05, 3.63) is 63.5 Å². The highest BCUT2D eigenvalue weighted by Crippen LogP contribution is 2.34. The van der Waals surface area contributed by atoms with Crippen LogP contribution in [0.25, 0.3) is 5.69 Å². The average Bonchev–Trinajstić information content (AvgIpc) is 2.78. The standard InChI is InChI=1S/C14H13N3O4/c18-11-9-6-7-10(12(11)19)17-14(21)15(13(20)16(9)17)8-4-2-1-3-5-8/h1-7,9-12,18-19H/t9-,10+,11-,12+. The summed E-state index contributed by atoms with van der Waals surface area (Å²) in [6, 6.07) is 7.14. The molecule has 5 rings (SSSR count). The minimum absolute atomic E-state index is 0.463. The number of aliphatic hydroxyl groups excluding tert-OH is 2. The molecule has 1 aromatic heterocycles. The van der Waals surface area contributed by atoms with E-state index in [4.69, 9.17) is 0 Å². The molecule has 1 aromatic carbocycles. The molecule has 0 saturated heterocycles. The summed E-state index contributed by atoms with van der Waals surface area (Å²) >= 11 is 0. The van der Waals surface area contributed by atoms with Gasteiger partial charge in [0.1, 0.15) is 24.3 Å². The van der Waals surface area contributed by atoms with Crippen molar-refractivity contribution in [1.29, 1.82) is 0 Å². The van der Waals surface area contributed by atoms with Gasteiger partial charge in [-0.2, -0.15) is 0 Å². The Morgan fingerprint density at radius 1 is 0.810 bits per heavy atom. The van der Waals surface area contributed by atoms with Crippen LogP contribution in [0.5, 0.6) is 0 Å². The Bertz CT molecular complexity index is 796. The van der Waals surface area contributed by atoms with E-state index in [1.165, 1.54) is 9.36 Å². The van der Waals surface area contributed by atoms with E-state index in [0.29, 0.717) is 5.69 Å². The molecule has 1 aliphatic carbocycles. The van der Waals surface area contributed by atoms with E-state index in [9.17, 15) is 19.8 Å². The number of para-hydroxylation sites is 1. The van der Waals surface area contributed by atoms with Gasteiger partial charge in [-0.1, -0.05) is 30.4 Å². The van der Waals surface area contributed by atoms with E-state index < -0.39 is 35.7 Å². The SMILES string of the molecule is O=c1n(-c2ccccc2)c(=O)n2n1[C@@H]1C=C[C@H]2[C@H](O)[C@@H]1O. The van der Waals surface area contributed by atoms with Crippen LogP contribution >= 0.6 is 0 Å². The van der Waals surface area contributed by atoms with Gasteiger partial charge >= 0.3 is 11.4 Å². The van der Waals surface area contributed by atoms with Crippen LogP contribution in [-0.2, 0) is 0 Å². The predicted octanol–water partition coefficient (Wildman–Crippen LogP) is -0.812. The molecule has 7 nitrogen and oxygen atoms in total. The summed E-state index contributed by atoms with van der Waals surface area (Å²) in [5, 5.41) is 20.0. The first-order chi connectivity index (χ1) is 10.1. The summed E-state index contributed by atoms with van der Waals surface area (Å²) in [6.07, 6.45) is 1.11. The monoisotopic (exact) mass is 287 g/mol. The summed E-state index contributed by atoms with van der Waals surface area (Å²) in [7, 11) is 0. The number of hydrogen-bond acceptors (Lipinski definition) is 4. The minimum atomic E-state index is -1.09. The van der Waals surface area contributed by atoms with Crippen LogP contribution in [0.2, 0.25) is 0 Å². The highest BCUT2D eigenvalue weighted by atomic mass is 16.3. The fourth-order valence-corrected chi connectivity index (χ4v) is 3.12. The molecule has 0 amide bonds. The van der Waals surface area contributed by atoms with Gasteiger partial charge in [0.05, 0.1) is 5.69 Å². The summed E-state index contributed by atoms with van der Waals surface area (Å²) in [5.74, 6) is 0. The van der Waals surface area contributed by atoms with Crippen molar-refractivity contribution >= 4 is 0 Å². The Morgan fingerprint density at radius 2 is 1.29 bits per heavy atom. The first-order valence-electron chi connectivity index (χ1n) is 6.67. The molecule has 0 saturated carbocycles. The number of rotatable bonds is 1. The number of aliphatic hydroxyl groups is 2. The third-order valence-electron chi connectivity index (χ3n) is 4.14. The molecule has 2 N–H and O–H groups in total. The van der Waals surface area contributed by atoms with Crippen LogP contribution in [0.4, 0.5) is 0 Å². The van der Waals surface area contributed by atoms with Gasteiger partial charge in [-0.05, 0) is 12.1 Å². The van der Waals surface area contributed by atoms with Crippen molar-refractivity contribution in [2.75, 3.05) is 0 Å². The molecule has 0 spiro atoms. The molecule has 2 aliphatic heterocycles. The van der Waals surface area contributed by atoms with Gasteiger partial charge in [0, 0.05) is 0 Å². The maximum Gasteiger partial charge on any atom is 0.352 e. The molecule has 108 valence electrons. The lowest BCUT2D eigenvalue weighted by Gasteiger charge is -2.40. The Morgan fingerprint density at radius 3 is 1.76 bits per heavy atom. The van der Waals surface area contributed by atoms with Crippen molar-refractivity contribution in [3.8, 4) is 5.69 Å². The largest absolute Gasteiger partial charge is 0.388 e. The molecule has 2 aromatic rings. The molecule has 0 fully saturated rings. The molecule has 21 heavy (non-hydrogen) atoms. The van der Waals surface area contributed by atoms with E-state index >= 15 is 0 Å². The Hall–Kier alpha value is -2.38. The highest BCUT2D eigenvalue weighted by molar-refractivity contribution is 5.31. The minimum Gasteiger partial charge on any atom is -0.388 e. The fraction of sp³-hybridized carbons (Fsp3) is 0.286. The van der Waals surface area contributed by atoms with E-state index in [1.54, 1.807) is 42.5 Å². The van der Waals surface area contributed by atoms with Crippen molar-refractivity contribution in [1.82, 2.24) is 13.9 Å². The zero-order chi connectivity index (χ0) is 14.7. The second kappa shape index (κ2) is 4.06. The molecule has 7 heteroatoms. The van der Waals surface area contributed by atoms with Gasteiger partial charge in [0.2, 0.25) is 0 Å².